The molecule has 2 aromatic rings. The zero-order valence-corrected chi connectivity index (χ0v) is 15.6. The van der Waals surface area contributed by atoms with Gasteiger partial charge in [0.05, 0.1) is 5.69 Å². The van der Waals surface area contributed by atoms with Crippen molar-refractivity contribution in [1.82, 2.24) is 19.8 Å². The number of rotatable bonds is 7. The van der Waals surface area contributed by atoms with Crippen molar-refractivity contribution in [3.05, 3.63) is 46.2 Å². The van der Waals surface area contributed by atoms with Gasteiger partial charge in [-0.15, -0.1) is 11.3 Å². The molecule has 3 rings (SSSR count). The fraction of sp³-hybridized carbons (Fsp3) is 0.579. The minimum Gasteiger partial charge on any atom is -0.299 e. The van der Waals surface area contributed by atoms with Crippen LogP contribution in [0.3, 0.4) is 0 Å². The summed E-state index contributed by atoms with van der Waals surface area (Å²) in [5.41, 5.74) is 2.54. The summed E-state index contributed by atoms with van der Waals surface area (Å²) in [6, 6.07) is 2.85. The molecule has 0 N–H and O–H groups in total. The fourth-order valence-corrected chi connectivity index (χ4v) is 4.21. The van der Waals surface area contributed by atoms with Crippen molar-refractivity contribution >= 4 is 11.3 Å². The van der Waals surface area contributed by atoms with E-state index in [1.807, 2.05) is 17.5 Å². The van der Waals surface area contributed by atoms with Crippen LogP contribution >= 0.6 is 11.3 Å². The number of hydrogen-bond donors (Lipinski definition) is 0. The molecule has 2 aromatic heterocycles. The normalized spacial score (nSPS) is 17.3. The number of aromatic nitrogens is 2. The highest BCUT2D eigenvalue weighted by Crippen LogP contribution is 2.21. The topological polar surface area (TPSA) is 32.3 Å². The van der Waals surface area contributed by atoms with Crippen molar-refractivity contribution in [2.24, 2.45) is 0 Å². The van der Waals surface area contributed by atoms with Gasteiger partial charge in [-0.3, -0.25) is 19.8 Å². The SMILES string of the molecule is C[C@@H](Cc1cnccn1)N(C)Cc1cc(CN2CCCCC2)cs1. The van der Waals surface area contributed by atoms with Crippen molar-refractivity contribution < 1.29 is 0 Å². The molecule has 0 saturated carbocycles. The van der Waals surface area contributed by atoms with Crippen LogP contribution in [0.5, 0.6) is 0 Å². The number of likely N-dealkylation sites (N-methyl/N-ethyl adjacent to an activating group) is 1. The van der Waals surface area contributed by atoms with E-state index in [9.17, 15) is 0 Å². The molecule has 1 saturated heterocycles. The lowest BCUT2D eigenvalue weighted by atomic mass is 10.1. The largest absolute Gasteiger partial charge is 0.299 e. The maximum absolute atomic E-state index is 4.39. The molecule has 1 aliphatic rings. The minimum absolute atomic E-state index is 0.453. The van der Waals surface area contributed by atoms with Crippen LogP contribution in [0.1, 0.15) is 42.3 Å². The molecule has 5 heteroatoms. The second-order valence-corrected chi connectivity index (χ2v) is 7.92. The molecule has 3 heterocycles. The summed E-state index contributed by atoms with van der Waals surface area (Å²) in [5.74, 6) is 0. The van der Waals surface area contributed by atoms with Crippen LogP contribution in [0.15, 0.2) is 30.0 Å². The van der Waals surface area contributed by atoms with E-state index in [4.69, 9.17) is 0 Å². The summed E-state index contributed by atoms with van der Waals surface area (Å²) in [7, 11) is 2.20. The molecule has 1 aliphatic heterocycles. The van der Waals surface area contributed by atoms with Gasteiger partial charge >= 0.3 is 0 Å². The summed E-state index contributed by atoms with van der Waals surface area (Å²) in [6.07, 6.45) is 10.4. The van der Waals surface area contributed by atoms with Gasteiger partial charge in [-0.05, 0) is 56.9 Å². The molecule has 130 valence electrons. The lowest BCUT2D eigenvalue weighted by molar-refractivity contribution is 0.221. The number of piperidine rings is 1. The Hall–Kier alpha value is -1.30. The maximum Gasteiger partial charge on any atom is 0.0602 e. The summed E-state index contributed by atoms with van der Waals surface area (Å²) in [4.78, 5) is 15.0. The van der Waals surface area contributed by atoms with E-state index in [0.717, 1.165) is 25.2 Å². The van der Waals surface area contributed by atoms with E-state index in [0.29, 0.717) is 6.04 Å². The molecule has 0 bridgehead atoms. The summed E-state index contributed by atoms with van der Waals surface area (Å²) in [5, 5.41) is 2.34. The van der Waals surface area contributed by atoms with Gasteiger partial charge in [0.15, 0.2) is 0 Å². The van der Waals surface area contributed by atoms with Crippen LogP contribution in [0.25, 0.3) is 0 Å². The monoisotopic (exact) mass is 344 g/mol. The first kappa shape index (κ1) is 17.5. The Morgan fingerprint density at radius 3 is 2.83 bits per heavy atom. The molecule has 0 spiro atoms. The van der Waals surface area contributed by atoms with Crippen molar-refractivity contribution in [2.45, 2.75) is 51.7 Å². The molecule has 4 nitrogen and oxygen atoms in total. The number of nitrogens with zero attached hydrogens (tertiary/aromatic N) is 4. The average molecular weight is 345 g/mol. The Morgan fingerprint density at radius 1 is 1.25 bits per heavy atom. The molecular weight excluding hydrogens is 316 g/mol. The zero-order chi connectivity index (χ0) is 16.8. The van der Waals surface area contributed by atoms with Gasteiger partial charge in [0.25, 0.3) is 0 Å². The standard InChI is InChI=1S/C19H28N4S/c1-16(10-18-12-20-6-7-21-18)22(2)14-19-11-17(15-24-19)13-23-8-4-3-5-9-23/h6-7,11-12,15-16H,3-5,8-10,13-14H2,1-2H3/t16-/m0/s1. The predicted molar refractivity (Wildman–Crippen MR) is 100 cm³/mol. The number of thiophene rings is 1. The van der Waals surface area contributed by atoms with E-state index in [1.54, 1.807) is 12.4 Å². The smallest absolute Gasteiger partial charge is 0.0602 e. The third kappa shape index (κ3) is 5.10. The van der Waals surface area contributed by atoms with Gasteiger partial charge in [-0.2, -0.15) is 0 Å². The summed E-state index contributed by atoms with van der Waals surface area (Å²) < 4.78 is 0. The Labute approximate surface area is 149 Å². The van der Waals surface area contributed by atoms with Gasteiger partial charge in [0, 0.05) is 49.0 Å². The van der Waals surface area contributed by atoms with Crippen molar-refractivity contribution in [1.29, 1.82) is 0 Å². The predicted octanol–water partition coefficient (Wildman–Crippen LogP) is 3.59. The van der Waals surface area contributed by atoms with Gasteiger partial charge < -0.3 is 0 Å². The van der Waals surface area contributed by atoms with Gasteiger partial charge in [-0.25, -0.2) is 0 Å². The first-order valence-electron chi connectivity index (χ1n) is 8.94. The van der Waals surface area contributed by atoms with Crippen LogP contribution < -0.4 is 0 Å². The minimum atomic E-state index is 0.453. The Balaban J connectivity index is 1.49. The van der Waals surface area contributed by atoms with Crippen LogP contribution in [-0.4, -0.2) is 45.9 Å². The molecular formula is C19H28N4S. The van der Waals surface area contributed by atoms with Gasteiger partial charge in [0.1, 0.15) is 0 Å². The zero-order valence-electron chi connectivity index (χ0n) is 14.8. The van der Waals surface area contributed by atoms with E-state index in [2.05, 4.69) is 45.2 Å². The third-order valence-electron chi connectivity index (χ3n) is 4.84. The molecule has 0 unspecified atom stereocenters. The maximum atomic E-state index is 4.39. The fourth-order valence-electron chi connectivity index (χ4n) is 3.26. The van der Waals surface area contributed by atoms with Crippen LogP contribution in [-0.2, 0) is 19.5 Å². The van der Waals surface area contributed by atoms with Crippen LogP contribution in [0, 0.1) is 0 Å². The van der Waals surface area contributed by atoms with Crippen LogP contribution in [0.4, 0.5) is 0 Å². The number of hydrogen-bond acceptors (Lipinski definition) is 5. The Bertz CT molecular complexity index is 607. The van der Waals surface area contributed by atoms with E-state index in [1.165, 1.54) is 42.8 Å². The molecule has 0 amide bonds. The number of likely N-dealkylation sites (tertiary alicyclic amines) is 1. The first-order chi connectivity index (χ1) is 11.7. The molecule has 24 heavy (non-hydrogen) atoms. The van der Waals surface area contributed by atoms with E-state index < -0.39 is 0 Å². The molecule has 0 radical (unpaired) electrons. The molecule has 1 atom stereocenters. The average Bonchev–Trinajstić information content (AvgIpc) is 3.03. The molecule has 0 aliphatic carbocycles. The van der Waals surface area contributed by atoms with Crippen molar-refractivity contribution in [3.63, 3.8) is 0 Å². The first-order valence-corrected chi connectivity index (χ1v) is 9.82. The third-order valence-corrected chi connectivity index (χ3v) is 5.81. The lowest BCUT2D eigenvalue weighted by Gasteiger charge is -2.26. The highest BCUT2D eigenvalue weighted by molar-refractivity contribution is 7.10. The quantitative estimate of drug-likeness (QED) is 0.768. The van der Waals surface area contributed by atoms with Crippen molar-refractivity contribution in [3.8, 4) is 0 Å². The molecule has 1 fully saturated rings. The summed E-state index contributed by atoms with van der Waals surface area (Å²) >= 11 is 1.89. The highest BCUT2D eigenvalue weighted by Gasteiger charge is 2.14. The van der Waals surface area contributed by atoms with Gasteiger partial charge in [-0.1, -0.05) is 6.42 Å². The Morgan fingerprint density at radius 2 is 2.08 bits per heavy atom. The second kappa shape index (κ2) is 8.70. The van der Waals surface area contributed by atoms with Gasteiger partial charge in [0.2, 0.25) is 0 Å². The lowest BCUT2D eigenvalue weighted by Crippen LogP contribution is -2.30. The van der Waals surface area contributed by atoms with Crippen molar-refractivity contribution in [2.75, 3.05) is 20.1 Å². The highest BCUT2D eigenvalue weighted by atomic mass is 32.1. The van der Waals surface area contributed by atoms with E-state index in [-0.39, 0.29) is 0 Å². The second-order valence-electron chi connectivity index (χ2n) is 6.92. The molecule has 0 aromatic carbocycles. The Kier molecular flexibility index (Phi) is 6.35. The summed E-state index contributed by atoms with van der Waals surface area (Å²) in [6.45, 7) is 6.92. The van der Waals surface area contributed by atoms with Crippen LogP contribution in [0.2, 0.25) is 0 Å². The van der Waals surface area contributed by atoms with E-state index >= 15 is 0 Å².